The second-order valence-corrected chi connectivity index (χ2v) is 10.4. The number of piperazine rings is 1. The number of nitrogens with one attached hydrogen (secondary N) is 1. The van der Waals surface area contributed by atoms with E-state index >= 15 is 0 Å². The van der Waals surface area contributed by atoms with E-state index in [1.54, 1.807) is 30.7 Å². The smallest absolute Gasteiger partial charge is 0.236 e. The predicted molar refractivity (Wildman–Crippen MR) is 143 cm³/mol. The number of anilines is 2. The Hall–Kier alpha value is -3.37. The molecule has 188 valence electrons. The van der Waals surface area contributed by atoms with Crippen molar-refractivity contribution in [3.63, 3.8) is 0 Å². The van der Waals surface area contributed by atoms with E-state index in [0.717, 1.165) is 32.8 Å². The van der Waals surface area contributed by atoms with Gasteiger partial charge in [0.2, 0.25) is 5.91 Å². The highest BCUT2D eigenvalue weighted by molar-refractivity contribution is 7.16. The molecule has 1 amide bonds. The monoisotopic (exact) mass is 507 g/mol. The van der Waals surface area contributed by atoms with Gasteiger partial charge >= 0.3 is 0 Å². The molecule has 36 heavy (non-hydrogen) atoms. The Morgan fingerprint density at radius 1 is 1.19 bits per heavy atom. The molecule has 4 heterocycles. The van der Waals surface area contributed by atoms with Gasteiger partial charge in [0.15, 0.2) is 0 Å². The lowest BCUT2D eigenvalue weighted by molar-refractivity contribution is -0.132. The zero-order chi connectivity index (χ0) is 25.4. The fourth-order valence-corrected chi connectivity index (χ4v) is 5.39. The summed E-state index contributed by atoms with van der Waals surface area (Å²) >= 11 is 1.58. The molecule has 1 aliphatic rings. The Balaban J connectivity index is 1.49. The summed E-state index contributed by atoms with van der Waals surface area (Å²) in [5.41, 5.74) is 2.20. The molecule has 1 fully saturated rings. The molecular formula is C26H30FN7OS. The molecule has 0 bridgehead atoms. The molecule has 1 N–H and O–H groups in total. The first-order chi connectivity index (χ1) is 17.3. The first kappa shape index (κ1) is 24.3. The fourth-order valence-electron chi connectivity index (χ4n) is 4.66. The summed E-state index contributed by atoms with van der Waals surface area (Å²) in [4.78, 5) is 33.3. The highest BCUT2D eigenvalue weighted by Crippen LogP contribution is 2.34. The molecule has 1 aromatic carbocycles. The first-order valence-corrected chi connectivity index (χ1v) is 12.9. The van der Waals surface area contributed by atoms with Gasteiger partial charge < -0.3 is 20.0 Å². The number of hydrogen-bond acceptors (Lipinski definition) is 8. The van der Waals surface area contributed by atoms with Crippen LogP contribution in [-0.4, -0.2) is 77.5 Å². The number of nitrogens with zero attached hydrogens (tertiary/aromatic N) is 6. The van der Waals surface area contributed by atoms with Gasteiger partial charge in [-0.3, -0.25) is 4.79 Å². The molecule has 1 atom stereocenters. The quantitative estimate of drug-likeness (QED) is 0.422. The molecule has 3 aromatic heterocycles. The van der Waals surface area contributed by atoms with Crippen molar-refractivity contribution in [3.8, 4) is 0 Å². The van der Waals surface area contributed by atoms with Gasteiger partial charge in [-0.05, 0) is 57.6 Å². The Bertz CT molecular complexity index is 1410. The van der Waals surface area contributed by atoms with Crippen LogP contribution in [0.5, 0.6) is 0 Å². The zero-order valence-corrected chi connectivity index (χ0v) is 21.8. The van der Waals surface area contributed by atoms with Gasteiger partial charge in [-0.2, -0.15) is 0 Å². The van der Waals surface area contributed by atoms with Crippen molar-refractivity contribution >= 4 is 50.0 Å². The van der Waals surface area contributed by atoms with Crippen LogP contribution in [0.3, 0.4) is 0 Å². The molecule has 0 saturated carbocycles. The number of hydrogen-bond donors (Lipinski definition) is 1. The van der Waals surface area contributed by atoms with Crippen LogP contribution in [0.4, 0.5) is 16.0 Å². The number of halogens is 1. The number of fused-ring (bicyclic) bond motifs is 2. The number of aromatic nitrogens is 3. The minimum absolute atomic E-state index is 0.117. The van der Waals surface area contributed by atoms with Crippen molar-refractivity contribution in [2.24, 2.45) is 0 Å². The second kappa shape index (κ2) is 9.94. The zero-order valence-electron chi connectivity index (χ0n) is 21.0. The third-order valence-electron chi connectivity index (χ3n) is 6.65. The molecule has 10 heteroatoms. The van der Waals surface area contributed by atoms with E-state index < -0.39 is 0 Å². The van der Waals surface area contributed by atoms with E-state index in [2.05, 4.69) is 33.2 Å². The standard InChI is InChI=1S/C26H30FN7OS/c1-16-21(27)6-5-18-13-20(17(2)30-24-19-7-12-36-26(19)29-15-28-24)25(31-23(16)18)34-10-8-33(9-11-34)22(35)14-32(3)4/h5-7,12-13,15,17H,8-11,14H2,1-4H3,(H,28,29,30)/t17-/m0/s1. The maximum Gasteiger partial charge on any atom is 0.236 e. The molecule has 1 saturated heterocycles. The van der Waals surface area contributed by atoms with Crippen molar-refractivity contribution in [2.75, 3.05) is 57.0 Å². The summed E-state index contributed by atoms with van der Waals surface area (Å²) < 4.78 is 14.4. The fraction of sp³-hybridized carbons (Fsp3) is 0.385. The number of likely N-dealkylation sites (N-methyl/N-ethyl adjacent to an activating group) is 1. The van der Waals surface area contributed by atoms with Gasteiger partial charge in [-0.1, -0.05) is 0 Å². The highest BCUT2D eigenvalue weighted by Gasteiger charge is 2.26. The average molecular weight is 508 g/mol. The summed E-state index contributed by atoms with van der Waals surface area (Å²) in [6.45, 7) is 6.81. The number of aryl methyl sites for hydroxylation is 1. The molecule has 0 unspecified atom stereocenters. The molecule has 1 aliphatic heterocycles. The summed E-state index contributed by atoms with van der Waals surface area (Å²) in [5.74, 6) is 1.45. The van der Waals surface area contributed by atoms with E-state index in [-0.39, 0.29) is 17.8 Å². The van der Waals surface area contributed by atoms with Crippen LogP contribution >= 0.6 is 11.3 Å². The van der Waals surface area contributed by atoms with Crippen LogP contribution < -0.4 is 10.2 Å². The van der Waals surface area contributed by atoms with Crippen molar-refractivity contribution in [2.45, 2.75) is 19.9 Å². The van der Waals surface area contributed by atoms with E-state index in [9.17, 15) is 9.18 Å². The van der Waals surface area contributed by atoms with Crippen molar-refractivity contribution in [1.29, 1.82) is 0 Å². The molecule has 8 nitrogen and oxygen atoms in total. The maximum atomic E-state index is 14.4. The van der Waals surface area contributed by atoms with Gasteiger partial charge in [0.1, 0.15) is 28.6 Å². The Labute approximate surface area is 213 Å². The Morgan fingerprint density at radius 3 is 2.72 bits per heavy atom. The molecular weight excluding hydrogens is 477 g/mol. The predicted octanol–water partition coefficient (Wildman–Crippen LogP) is 4.07. The minimum atomic E-state index is -0.264. The van der Waals surface area contributed by atoms with Crippen molar-refractivity contribution in [3.05, 3.63) is 52.9 Å². The van der Waals surface area contributed by atoms with E-state index in [4.69, 9.17) is 4.98 Å². The van der Waals surface area contributed by atoms with E-state index in [1.807, 2.05) is 35.3 Å². The lowest BCUT2D eigenvalue weighted by atomic mass is 10.0. The summed E-state index contributed by atoms with van der Waals surface area (Å²) in [5, 5.41) is 7.43. The maximum absolute atomic E-state index is 14.4. The van der Waals surface area contributed by atoms with Crippen LogP contribution in [0.1, 0.15) is 24.1 Å². The first-order valence-electron chi connectivity index (χ1n) is 12.0. The van der Waals surface area contributed by atoms with Crippen LogP contribution in [-0.2, 0) is 4.79 Å². The largest absolute Gasteiger partial charge is 0.363 e. The van der Waals surface area contributed by atoms with E-state index in [0.29, 0.717) is 43.8 Å². The van der Waals surface area contributed by atoms with Crippen LogP contribution in [0.15, 0.2) is 36.0 Å². The van der Waals surface area contributed by atoms with Crippen molar-refractivity contribution < 1.29 is 9.18 Å². The lowest BCUT2D eigenvalue weighted by Gasteiger charge is -2.37. The van der Waals surface area contributed by atoms with Gasteiger partial charge in [-0.15, -0.1) is 11.3 Å². The molecule has 0 aliphatic carbocycles. The Kier molecular flexibility index (Phi) is 6.72. The molecule has 4 aromatic rings. The number of carbonyl (C=O) groups is 1. The number of carbonyl (C=O) groups excluding carboxylic acids is 1. The SMILES string of the molecule is Cc1c(F)ccc2cc([C@H](C)Nc3ncnc4sccc34)c(N3CCN(C(=O)CN(C)C)CC3)nc12. The minimum Gasteiger partial charge on any atom is -0.363 e. The second-order valence-electron chi connectivity index (χ2n) is 9.48. The number of amides is 1. The summed E-state index contributed by atoms with van der Waals surface area (Å²) in [6, 6.07) is 7.27. The number of benzene rings is 1. The van der Waals surface area contributed by atoms with Gasteiger partial charge in [0.05, 0.1) is 23.5 Å². The molecule has 5 rings (SSSR count). The summed E-state index contributed by atoms with van der Waals surface area (Å²) in [6.07, 6.45) is 1.57. The van der Waals surface area contributed by atoms with E-state index in [1.165, 1.54) is 6.07 Å². The lowest BCUT2D eigenvalue weighted by Crippen LogP contribution is -2.51. The number of rotatable bonds is 6. The van der Waals surface area contributed by atoms with Gasteiger partial charge in [-0.25, -0.2) is 19.3 Å². The topological polar surface area (TPSA) is 77.5 Å². The van der Waals surface area contributed by atoms with Crippen LogP contribution in [0.2, 0.25) is 0 Å². The molecule has 0 radical (unpaired) electrons. The molecule has 0 spiro atoms. The summed E-state index contributed by atoms with van der Waals surface area (Å²) in [7, 11) is 3.80. The number of thiophene rings is 1. The highest BCUT2D eigenvalue weighted by atomic mass is 32.1. The Morgan fingerprint density at radius 2 is 1.97 bits per heavy atom. The van der Waals surface area contributed by atoms with Gasteiger partial charge in [0, 0.05) is 42.7 Å². The van der Waals surface area contributed by atoms with Crippen LogP contribution in [0.25, 0.3) is 21.1 Å². The van der Waals surface area contributed by atoms with Crippen LogP contribution in [0, 0.1) is 12.7 Å². The number of pyridine rings is 1. The average Bonchev–Trinajstić information content (AvgIpc) is 3.35. The van der Waals surface area contributed by atoms with Crippen molar-refractivity contribution in [1.82, 2.24) is 24.8 Å². The normalized spacial score (nSPS) is 15.2. The third-order valence-corrected chi connectivity index (χ3v) is 7.47. The van der Waals surface area contributed by atoms with Gasteiger partial charge in [0.25, 0.3) is 0 Å². The third kappa shape index (κ3) is 4.70.